The zero-order valence-corrected chi connectivity index (χ0v) is 8.21. The SMILES string of the molecule is CC1C2CNCCC2CCN1C. The first-order valence-corrected chi connectivity index (χ1v) is 5.20. The van der Waals surface area contributed by atoms with Crippen LogP contribution in [-0.4, -0.2) is 37.6 Å². The fourth-order valence-electron chi connectivity index (χ4n) is 2.76. The van der Waals surface area contributed by atoms with Gasteiger partial charge < -0.3 is 10.2 Å². The van der Waals surface area contributed by atoms with E-state index in [1.807, 2.05) is 0 Å². The summed E-state index contributed by atoms with van der Waals surface area (Å²) in [6, 6.07) is 0.788. The van der Waals surface area contributed by atoms with Crippen LogP contribution in [0.25, 0.3) is 0 Å². The molecule has 3 atom stereocenters. The van der Waals surface area contributed by atoms with Crippen LogP contribution < -0.4 is 5.32 Å². The van der Waals surface area contributed by atoms with Gasteiger partial charge in [-0.1, -0.05) is 0 Å². The van der Waals surface area contributed by atoms with E-state index < -0.39 is 0 Å². The normalized spacial score (nSPS) is 44.0. The van der Waals surface area contributed by atoms with Crippen molar-refractivity contribution < 1.29 is 0 Å². The molecule has 0 spiro atoms. The van der Waals surface area contributed by atoms with Gasteiger partial charge in [-0.05, 0) is 58.3 Å². The third kappa shape index (κ3) is 1.38. The van der Waals surface area contributed by atoms with Crippen molar-refractivity contribution in [2.45, 2.75) is 25.8 Å². The summed E-state index contributed by atoms with van der Waals surface area (Å²) < 4.78 is 0. The average molecular weight is 168 g/mol. The highest BCUT2D eigenvalue weighted by molar-refractivity contribution is 4.89. The standard InChI is InChI=1S/C10H20N2/c1-8-10-7-11-5-3-9(10)4-6-12(8)2/h8-11H,3-7H2,1-2H3. The van der Waals surface area contributed by atoms with Crippen LogP contribution in [0.15, 0.2) is 0 Å². The molecule has 70 valence electrons. The first kappa shape index (κ1) is 8.52. The van der Waals surface area contributed by atoms with Crippen molar-refractivity contribution >= 4 is 0 Å². The Morgan fingerprint density at radius 3 is 3.00 bits per heavy atom. The van der Waals surface area contributed by atoms with Crippen LogP contribution in [0.3, 0.4) is 0 Å². The largest absolute Gasteiger partial charge is 0.316 e. The van der Waals surface area contributed by atoms with Gasteiger partial charge in [0, 0.05) is 6.04 Å². The molecule has 2 aliphatic rings. The summed E-state index contributed by atoms with van der Waals surface area (Å²) in [6.07, 6.45) is 2.83. The van der Waals surface area contributed by atoms with E-state index >= 15 is 0 Å². The van der Waals surface area contributed by atoms with E-state index in [1.165, 1.54) is 32.5 Å². The van der Waals surface area contributed by atoms with E-state index in [1.54, 1.807) is 0 Å². The molecule has 0 aromatic rings. The molecule has 0 radical (unpaired) electrons. The lowest BCUT2D eigenvalue weighted by molar-refractivity contribution is 0.0600. The lowest BCUT2D eigenvalue weighted by Crippen LogP contribution is -2.52. The summed E-state index contributed by atoms with van der Waals surface area (Å²) in [7, 11) is 2.26. The summed E-state index contributed by atoms with van der Waals surface area (Å²) in [5.74, 6) is 1.93. The van der Waals surface area contributed by atoms with Gasteiger partial charge in [-0.3, -0.25) is 0 Å². The predicted octanol–water partition coefficient (Wildman–Crippen LogP) is 0.936. The van der Waals surface area contributed by atoms with Gasteiger partial charge >= 0.3 is 0 Å². The van der Waals surface area contributed by atoms with Gasteiger partial charge in [0.25, 0.3) is 0 Å². The number of piperidine rings is 2. The number of likely N-dealkylation sites (tertiary alicyclic amines) is 1. The molecule has 2 saturated heterocycles. The average Bonchev–Trinajstić information content (AvgIpc) is 2.12. The lowest BCUT2D eigenvalue weighted by atomic mass is 9.76. The number of rotatable bonds is 0. The second-order valence-electron chi connectivity index (χ2n) is 4.43. The van der Waals surface area contributed by atoms with E-state index in [-0.39, 0.29) is 0 Å². The van der Waals surface area contributed by atoms with Crippen molar-refractivity contribution in [3.8, 4) is 0 Å². The molecule has 2 heterocycles. The van der Waals surface area contributed by atoms with Crippen LogP contribution in [0.2, 0.25) is 0 Å². The predicted molar refractivity (Wildman–Crippen MR) is 51.2 cm³/mol. The van der Waals surface area contributed by atoms with Gasteiger partial charge in [0.15, 0.2) is 0 Å². The van der Waals surface area contributed by atoms with Gasteiger partial charge in [0.05, 0.1) is 0 Å². The van der Waals surface area contributed by atoms with Gasteiger partial charge in [0.1, 0.15) is 0 Å². The van der Waals surface area contributed by atoms with Crippen molar-refractivity contribution in [3.05, 3.63) is 0 Å². The monoisotopic (exact) mass is 168 g/mol. The molecule has 1 N–H and O–H groups in total. The zero-order valence-electron chi connectivity index (χ0n) is 8.21. The van der Waals surface area contributed by atoms with Crippen molar-refractivity contribution in [2.75, 3.05) is 26.7 Å². The summed E-state index contributed by atoms with van der Waals surface area (Å²) >= 11 is 0. The van der Waals surface area contributed by atoms with E-state index in [9.17, 15) is 0 Å². The van der Waals surface area contributed by atoms with Crippen LogP contribution in [0.5, 0.6) is 0 Å². The molecular formula is C10H20N2. The quantitative estimate of drug-likeness (QED) is 0.579. The summed E-state index contributed by atoms with van der Waals surface area (Å²) in [5.41, 5.74) is 0. The molecule has 2 fully saturated rings. The second kappa shape index (κ2) is 3.35. The summed E-state index contributed by atoms with van der Waals surface area (Å²) in [5, 5.41) is 3.51. The number of nitrogens with one attached hydrogen (secondary N) is 1. The number of nitrogens with zero attached hydrogens (tertiary/aromatic N) is 1. The maximum atomic E-state index is 3.51. The van der Waals surface area contributed by atoms with Crippen LogP contribution in [-0.2, 0) is 0 Å². The lowest BCUT2D eigenvalue weighted by Gasteiger charge is -2.45. The Morgan fingerprint density at radius 1 is 1.33 bits per heavy atom. The minimum atomic E-state index is 0.788. The van der Waals surface area contributed by atoms with Crippen molar-refractivity contribution in [1.82, 2.24) is 10.2 Å². The van der Waals surface area contributed by atoms with E-state index in [4.69, 9.17) is 0 Å². The Bertz CT molecular complexity index is 156. The maximum Gasteiger partial charge on any atom is 0.0107 e. The van der Waals surface area contributed by atoms with Crippen molar-refractivity contribution in [1.29, 1.82) is 0 Å². The van der Waals surface area contributed by atoms with Crippen LogP contribution in [0.4, 0.5) is 0 Å². The van der Waals surface area contributed by atoms with E-state index in [2.05, 4.69) is 24.2 Å². The molecule has 2 aliphatic heterocycles. The molecule has 2 nitrogen and oxygen atoms in total. The Morgan fingerprint density at radius 2 is 2.17 bits per heavy atom. The highest BCUT2D eigenvalue weighted by Crippen LogP contribution is 2.31. The van der Waals surface area contributed by atoms with Crippen LogP contribution in [0, 0.1) is 11.8 Å². The van der Waals surface area contributed by atoms with Crippen LogP contribution in [0.1, 0.15) is 19.8 Å². The summed E-state index contributed by atoms with van der Waals surface area (Å²) in [6.45, 7) is 6.18. The molecule has 0 aromatic carbocycles. The highest BCUT2D eigenvalue weighted by atomic mass is 15.1. The fraction of sp³-hybridized carbons (Fsp3) is 1.00. The maximum absolute atomic E-state index is 3.51. The molecule has 2 heteroatoms. The Balaban J connectivity index is 2.03. The smallest absolute Gasteiger partial charge is 0.0107 e. The minimum absolute atomic E-state index is 0.788. The molecule has 0 saturated carbocycles. The molecule has 0 aromatic heterocycles. The van der Waals surface area contributed by atoms with E-state index in [0.29, 0.717) is 0 Å². The molecule has 3 unspecified atom stereocenters. The molecule has 0 amide bonds. The number of hydrogen-bond acceptors (Lipinski definition) is 2. The highest BCUT2D eigenvalue weighted by Gasteiger charge is 2.34. The molecule has 2 rings (SSSR count). The number of hydrogen-bond donors (Lipinski definition) is 1. The number of fused-ring (bicyclic) bond motifs is 1. The van der Waals surface area contributed by atoms with Crippen molar-refractivity contribution in [2.24, 2.45) is 11.8 Å². The van der Waals surface area contributed by atoms with Gasteiger partial charge in [-0.15, -0.1) is 0 Å². The van der Waals surface area contributed by atoms with Crippen molar-refractivity contribution in [3.63, 3.8) is 0 Å². The Labute approximate surface area is 75.3 Å². The summed E-state index contributed by atoms with van der Waals surface area (Å²) in [4.78, 5) is 2.51. The van der Waals surface area contributed by atoms with E-state index in [0.717, 1.165) is 17.9 Å². The zero-order chi connectivity index (χ0) is 8.55. The van der Waals surface area contributed by atoms with Gasteiger partial charge in [0.2, 0.25) is 0 Å². The minimum Gasteiger partial charge on any atom is -0.316 e. The topological polar surface area (TPSA) is 15.3 Å². The Kier molecular flexibility index (Phi) is 2.37. The molecule has 0 bridgehead atoms. The fourth-order valence-corrected chi connectivity index (χ4v) is 2.76. The molecule has 12 heavy (non-hydrogen) atoms. The third-order valence-electron chi connectivity index (χ3n) is 3.84. The first-order valence-electron chi connectivity index (χ1n) is 5.20. The first-order chi connectivity index (χ1) is 5.79. The molecule has 0 aliphatic carbocycles. The van der Waals surface area contributed by atoms with Gasteiger partial charge in [-0.2, -0.15) is 0 Å². The second-order valence-corrected chi connectivity index (χ2v) is 4.43. The molecular weight excluding hydrogens is 148 g/mol. The van der Waals surface area contributed by atoms with Crippen LogP contribution >= 0.6 is 0 Å². The Hall–Kier alpha value is -0.0800. The third-order valence-corrected chi connectivity index (χ3v) is 3.84. The van der Waals surface area contributed by atoms with Gasteiger partial charge in [-0.25, -0.2) is 0 Å².